The highest BCUT2D eigenvalue weighted by Gasteiger charge is 2.03. The maximum Gasteiger partial charge on any atom is 0.305 e. The van der Waals surface area contributed by atoms with Gasteiger partial charge in [0.15, 0.2) is 0 Å². The molecule has 3 heteroatoms. The number of esters is 1. The van der Waals surface area contributed by atoms with E-state index < -0.39 is 0 Å². The van der Waals surface area contributed by atoms with Gasteiger partial charge in [0.2, 0.25) is 0 Å². The van der Waals surface area contributed by atoms with Crippen LogP contribution >= 0.6 is 0 Å². The van der Waals surface area contributed by atoms with Crippen LogP contribution in [-0.2, 0) is 9.53 Å². The van der Waals surface area contributed by atoms with Gasteiger partial charge in [0.25, 0.3) is 0 Å². The first-order chi connectivity index (χ1) is 8.70. The lowest BCUT2D eigenvalue weighted by Crippen LogP contribution is -2.27. The largest absolute Gasteiger partial charge is 0.466 e. The summed E-state index contributed by atoms with van der Waals surface area (Å²) in [5.74, 6) is -0.0773. The van der Waals surface area contributed by atoms with E-state index in [1.54, 1.807) is 0 Å². The molecule has 3 nitrogen and oxygen atoms in total. The van der Waals surface area contributed by atoms with Gasteiger partial charge in [-0.2, -0.15) is 0 Å². The molecule has 0 saturated heterocycles. The van der Waals surface area contributed by atoms with Crippen LogP contribution in [0.25, 0.3) is 0 Å². The van der Waals surface area contributed by atoms with Crippen LogP contribution in [0.5, 0.6) is 0 Å². The first-order valence-electron chi connectivity index (χ1n) is 7.59. The number of carbonyl (C=O) groups excluding carboxylic acids is 1. The third kappa shape index (κ3) is 11.9. The second-order valence-electron chi connectivity index (χ2n) is 4.97. The minimum atomic E-state index is -0.0773. The molecule has 0 fully saturated rings. The van der Waals surface area contributed by atoms with Gasteiger partial charge >= 0.3 is 5.97 Å². The molecule has 1 N–H and O–H groups in total. The summed E-state index contributed by atoms with van der Waals surface area (Å²) in [5.41, 5.74) is 0. The predicted octanol–water partition coefficient (Wildman–Crippen LogP) is 3.67. The van der Waals surface area contributed by atoms with Crippen LogP contribution in [0.3, 0.4) is 0 Å². The summed E-state index contributed by atoms with van der Waals surface area (Å²) in [6.45, 7) is 7.71. The Hall–Kier alpha value is -0.570. The minimum Gasteiger partial charge on any atom is -0.466 e. The summed E-state index contributed by atoms with van der Waals surface area (Å²) in [6.07, 6.45) is 9.34. The zero-order valence-electron chi connectivity index (χ0n) is 12.5. The second-order valence-corrected chi connectivity index (χ2v) is 4.97. The van der Waals surface area contributed by atoms with Gasteiger partial charge in [-0.1, -0.05) is 39.0 Å². The molecule has 0 aromatic carbocycles. The van der Waals surface area contributed by atoms with Crippen LogP contribution < -0.4 is 5.32 Å². The van der Waals surface area contributed by atoms with Gasteiger partial charge in [0.05, 0.1) is 6.61 Å². The normalized spacial score (nSPS) is 12.4. The monoisotopic (exact) mass is 257 g/mol. The molecule has 0 heterocycles. The first kappa shape index (κ1) is 17.4. The molecule has 0 radical (unpaired) electrons. The van der Waals surface area contributed by atoms with Gasteiger partial charge in [0.1, 0.15) is 0 Å². The second kappa shape index (κ2) is 12.9. The van der Waals surface area contributed by atoms with E-state index >= 15 is 0 Å². The lowest BCUT2D eigenvalue weighted by molar-refractivity contribution is -0.143. The van der Waals surface area contributed by atoms with Gasteiger partial charge in [0, 0.05) is 12.5 Å². The molecule has 0 bridgehead atoms. The smallest absolute Gasteiger partial charge is 0.305 e. The molecule has 0 aromatic rings. The van der Waals surface area contributed by atoms with Crippen molar-refractivity contribution >= 4 is 5.97 Å². The quantitative estimate of drug-likeness (QED) is 0.428. The van der Waals surface area contributed by atoms with Crippen LogP contribution in [-0.4, -0.2) is 25.2 Å². The number of ether oxygens (including phenoxy) is 1. The fraction of sp³-hybridized carbons (Fsp3) is 0.933. The van der Waals surface area contributed by atoms with Crippen LogP contribution in [0, 0.1) is 0 Å². The molecule has 0 amide bonds. The zero-order chi connectivity index (χ0) is 13.6. The van der Waals surface area contributed by atoms with E-state index in [1.807, 2.05) is 6.92 Å². The molecule has 0 aromatic heterocycles. The summed E-state index contributed by atoms with van der Waals surface area (Å²) < 4.78 is 4.88. The topological polar surface area (TPSA) is 38.3 Å². The van der Waals surface area contributed by atoms with Crippen molar-refractivity contribution in [2.75, 3.05) is 13.2 Å². The molecule has 0 saturated carbocycles. The van der Waals surface area contributed by atoms with E-state index in [-0.39, 0.29) is 5.97 Å². The van der Waals surface area contributed by atoms with Crippen molar-refractivity contribution in [3.8, 4) is 0 Å². The molecule has 0 rings (SSSR count). The highest BCUT2D eigenvalue weighted by molar-refractivity contribution is 5.69. The Labute approximate surface area is 113 Å². The summed E-state index contributed by atoms with van der Waals surface area (Å²) in [4.78, 5) is 11.1. The Morgan fingerprint density at radius 2 is 1.83 bits per heavy atom. The molecule has 0 aliphatic rings. The van der Waals surface area contributed by atoms with Crippen LogP contribution in [0.1, 0.15) is 72.1 Å². The number of rotatable bonds is 12. The molecule has 108 valence electrons. The van der Waals surface area contributed by atoms with Crippen molar-refractivity contribution in [2.24, 2.45) is 0 Å². The number of hydrogen-bond donors (Lipinski definition) is 1. The molecule has 0 aliphatic carbocycles. The summed E-state index contributed by atoms with van der Waals surface area (Å²) in [5, 5.41) is 3.46. The molecular formula is C15H31NO2. The lowest BCUT2D eigenvalue weighted by Gasteiger charge is -2.13. The van der Waals surface area contributed by atoms with Crippen molar-refractivity contribution < 1.29 is 9.53 Å². The molecule has 1 atom stereocenters. The molecular weight excluding hydrogens is 226 g/mol. The van der Waals surface area contributed by atoms with Crippen molar-refractivity contribution in [3.63, 3.8) is 0 Å². The summed E-state index contributed by atoms with van der Waals surface area (Å²) >= 11 is 0. The highest BCUT2D eigenvalue weighted by Crippen LogP contribution is 2.07. The highest BCUT2D eigenvalue weighted by atomic mass is 16.5. The Kier molecular flexibility index (Phi) is 12.5. The van der Waals surface area contributed by atoms with Gasteiger partial charge < -0.3 is 10.1 Å². The number of hydrogen-bond acceptors (Lipinski definition) is 3. The van der Waals surface area contributed by atoms with E-state index in [1.165, 1.54) is 38.5 Å². The fourth-order valence-electron chi connectivity index (χ4n) is 1.97. The van der Waals surface area contributed by atoms with E-state index in [0.29, 0.717) is 19.1 Å². The van der Waals surface area contributed by atoms with E-state index in [9.17, 15) is 4.79 Å². The Bertz CT molecular complexity index is 195. The average Bonchev–Trinajstić information content (AvgIpc) is 2.35. The SMILES string of the molecule is CCCCCCCC(C)NCCCC(=O)OCC. The predicted molar refractivity (Wildman–Crippen MR) is 76.7 cm³/mol. The third-order valence-corrected chi connectivity index (χ3v) is 3.10. The number of carbonyl (C=O) groups is 1. The number of unbranched alkanes of at least 4 members (excludes halogenated alkanes) is 4. The minimum absolute atomic E-state index is 0.0773. The maximum absolute atomic E-state index is 11.1. The number of nitrogens with one attached hydrogen (secondary N) is 1. The van der Waals surface area contributed by atoms with Crippen LogP contribution in [0.15, 0.2) is 0 Å². The first-order valence-corrected chi connectivity index (χ1v) is 7.59. The van der Waals surface area contributed by atoms with Crippen molar-refractivity contribution in [2.45, 2.75) is 78.2 Å². The zero-order valence-corrected chi connectivity index (χ0v) is 12.5. The lowest BCUT2D eigenvalue weighted by atomic mass is 10.1. The Balaban J connectivity index is 3.26. The van der Waals surface area contributed by atoms with Crippen LogP contribution in [0.4, 0.5) is 0 Å². The standard InChI is InChI=1S/C15H31NO2/c1-4-6-7-8-9-11-14(3)16-13-10-12-15(17)18-5-2/h14,16H,4-13H2,1-3H3. The van der Waals surface area contributed by atoms with Gasteiger partial charge in [-0.15, -0.1) is 0 Å². The van der Waals surface area contributed by atoms with Gasteiger partial charge in [-0.05, 0) is 33.2 Å². The maximum atomic E-state index is 11.1. The van der Waals surface area contributed by atoms with E-state index in [4.69, 9.17) is 4.74 Å². The van der Waals surface area contributed by atoms with Gasteiger partial charge in [-0.3, -0.25) is 4.79 Å². The van der Waals surface area contributed by atoms with Crippen molar-refractivity contribution in [1.82, 2.24) is 5.32 Å². The Morgan fingerprint density at radius 3 is 2.50 bits per heavy atom. The average molecular weight is 257 g/mol. The van der Waals surface area contributed by atoms with Gasteiger partial charge in [-0.25, -0.2) is 0 Å². The molecule has 18 heavy (non-hydrogen) atoms. The van der Waals surface area contributed by atoms with E-state index in [0.717, 1.165) is 13.0 Å². The van der Waals surface area contributed by atoms with E-state index in [2.05, 4.69) is 19.2 Å². The third-order valence-electron chi connectivity index (χ3n) is 3.10. The fourth-order valence-corrected chi connectivity index (χ4v) is 1.97. The molecule has 0 aliphatic heterocycles. The molecule has 0 spiro atoms. The van der Waals surface area contributed by atoms with Crippen LogP contribution in [0.2, 0.25) is 0 Å². The van der Waals surface area contributed by atoms with Crippen molar-refractivity contribution in [3.05, 3.63) is 0 Å². The summed E-state index contributed by atoms with van der Waals surface area (Å²) in [6, 6.07) is 0.564. The molecule has 1 unspecified atom stereocenters. The van der Waals surface area contributed by atoms with Crippen molar-refractivity contribution in [1.29, 1.82) is 0 Å². The Morgan fingerprint density at radius 1 is 1.11 bits per heavy atom. The summed E-state index contributed by atoms with van der Waals surface area (Å²) in [7, 11) is 0.